The molecule has 1 amide bonds. The van der Waals surface area contributed by atoms with Crippen LogP contribution in [0.5, 0.6) is 0 Å². The Morgan fingerprint density at radius 1 is 1.27 bits per heavy atom. The lowest BCUT2D eigenvalue weighted by Crippen LogP contribution is -2.31. The Kier molecular flexibility index (Phi) is 5.75. The number of rotatable bonds is 7. The van der Waals surface area contributed by atoms with Gasteiger partial charge in [-0.3, -0.25) is 4.79 Å². The van der Waals surface area contributed by atoms with Crippen LogP contribution >= 0.6 is 0 Å². The van der Waals surface area contributed by atoms with E-state index in [0.29, 0.717) is 24.5 Å². The lowest BCUT2D eigenvalue weighted by molar-refractivity contribution is 0.0882. The number of ether oxygens (including phenoxy) is 1. The van der Waals surface area contributed by atoms with Crippen LogP contribution < -0.4 is 11.1 Å². The zero-order valence-electron chi connectivity index (χ0n) is 13.0. The number of carbonyl (C=O) groups is 1. The summed E-state index contributed by atoms with van der Waals surface area (Å²) in [6.07, 6.45) is 0.814. The Balaban J connectivity index is 2.10. The number of methoxy groups -OCH3 is 1. The van der Waals surface area contributed by atoms with Crippen LogP contribution in [0.4, 0.5) is 0 Å². The quantitative estimate of drug-likeness (QED) is 0.823. The number of furan rings is 1. The van der Waals surface area contributed by atoms with Crippen molar-refractivity contribution in [3.63, 3.8) is 0 Å². The molecule has 0 aliphatic heterocycles. The molecule has 1 aromatic heterocycles. The fourth-order valence-corrected chi connectivity index (χ4v) is 2.17. The van der Waals surface area contributed by atoms with Gasteiger partial charge in [0, 0.05) is 25.6 Å². The monoisotopic (exact) mass is 302 g/mol. The maximum atomic E-state index is 12.3. The summed E-state index contributed by atoms with van der Waals surface area (Å²) in [7, 11) is 1.60. The molecule has 1 aromatic carbocycles. The van der Waals surface area contributed by atoms with E-state index in [9.17, 15) is 4.79 Å². The van der Waals surface area contributed by atoms with E-state index in [1.165, 1.54) is 0 Å². The van der Waals surface area contributed by atoms with E-state index < -0.39 is 0 Å². The van der Waals surface area contributed by atoms with E-state index in [4.69, 9.17) is 14.9 Å². The van der Waals surface area contributed by atoms with E-state index in [0.717, 1.165) is 17.7 Å². The summed E-state index contributed by atoms with van der Waals surface area (Å²) in [5.74, 6) is 1.42. The topological polar surface area (TPSA) is 77.5 Å². The molecule has 5 nitrogen and oxygen atoms in total. The summed E-state index contributed by atoms with van der Waals surface area (Å²) in [4.78, 5) is 12.3. The first-order chi connectivity index (χ1) is 10.7. The summed E-state index contributed by atoms with van der Waals surface area (Å²) in [6.45, 7) is 2.83. The molecule has 0 radical (unpaired) electrons. The number of hydrogen-bond donors (Lipinski definition) is 2. The zero-order chi connectivity index (χ0) is 15.9. The highest BCUT2D eigenvalue weighted by atomic mass is 16.5. The van der Waals surface area contributed by atoms with Gasteiger partial charge in [0.1, 0.15) is 17.6 Å². The molecule has 0 saturated carbocycles. The normalized spacial score (nSPS) is 12.1. The third kappa shape index (κ3) is 3.96. The number of hydrogen-bond acceptors (Lipinski definition) is 4. The van der Waals surface area contributed by atoms with Crippen LogP contribution in [-0.2, 0) is 17.7 Å². The van der Waals surface area contributed by atoms with Gasteiger partial charge >= 0.3 is 0 Å². The van der Waals surface area contributed by atoms with Crippen molar-refractivity contribution in [2.24, 2.45) is 5.73 Å². The molecule has 2 rings (SSSR count). The second-order valence-electron chi connectivity index (χ2n) is 5.04. The van der Waals surface area contributed by atoms with Crippen LogP contribution in [0.15, 0.2) is 40.8 Å². The van der Waals surface area contributed by atoms with Crippen molar-refractivity contribution < 1.29 is 13.9 Å². The minimum Gasteiger partial charge on any atom is -0.464 e. The predicted molar refractivity (Wildman–Crippen MR) is 84.5 cm³/mol. The minimum absolute atomic E-state index is 0.167. The van der Waals surface area contributed by atoms with E-state index >= 15 is 0 Å². The summed E-state index contributed by atoms with van der Waals surface area (Å²) in [5.41, 5.74) is 7.13. The van der Waals surface area contributed by atoms with Gasteiger partial charge in [-0.05, 0) is 29.8 Å². The molecule has 0 aliphatic rings. The first kappa shape index (κ1) is 16.3. The number of aryl methyl sites for hydroxylation is 1. The van der Waals surface area contributed by atoms with E-state index in [-0.39, 0.29) is 11.9 Å². The number of nitrogens with one attached hydrogen (secondary N) is 1. The minimum atomic E-state index is -0.313. The Bertz CT molecular complexity index is 605. The van der Waals surface area contributed by atoms with Gasteiger partial charge in [0.15, 0.2) is 0 Å². The molecule has 0 aliphatic carbocycles. The molecule has 3 N–H and O–H groups in total. The Morgan fingerprint density at radius 3 is 2.55 bits per heavy atom. The van der Waals surface area contributed by atoms with Gasteiger partial charge < -0.3 is 20.2 Å². The fourth-order valence-electron chi connectivity index (χ4n) is 2.17. The van der Waals surface area contributed by atoms with Gasteiger partial charge in [0.05, 0.1) is 6.61 Å². The average Bonchev–Trinajstić information content (AvgIpc) is 3.03. The number of nitrogens with two attached hydrogens (primary N) is 1. The molecule has 1 atom stereocenters. The zero-order valence-corrected chi connectivity index (χ0v) is 13.0. The van der Waals surface area contributed by atoms with E-state index in [2.05, 4.69) is 5.32 Å². The molecule has 1 unspecified atom stereocenters. The summed E-state index contributed by atoms with van der Waals surface area (Å²) in [6, 6.07) is 10.7. The molecular formula is C17H22N2O3. The number of carbonyl (C=O) groups excluding carboxylic acids is 1. The molecule has 22 heavy (non-hydrogen) atoms. The maximum absolute atomic E-state index is 12.3. The molecule has 1 heterocycles. The Morgan fingerprint density at radius 2 is 2.00 bits per heavy atom. The van der Waals surface area contributed by atoms with Gasteiger partial charge in [-0.15, -0.1) is 0 Å². The summed E-state index contributed by atoms with van der Waals surface area (Å²) < 4.78 is 10.9. The molecule has 2 aromatic rings. The predicted octanol–water partition coefficient (Wildman–Crippen LogP) is 2.42. The largest absolute Gasteiger partial charge is 0.464 e. The highest BCUT2D eigenvalue weighted by Gasteiger charge is 2.19. The molecule has 0 spiro atoms. The van der Waals surface area contributed by atoms with Crippen molar-refractivity contribution in [1.82, 2.24) is 5.32 Å². The highest BCUT2D eigenvalue weighted by molar-refractivity contribution is 5.94. The van der Waals surface area contributed by atoms with Gasteiger partial charge in [-0.1, -0.05) is 19.1 Å². The van der Waals surface area contributed by atoms with Crippen molar-refractivity contribution in [1.29, 1.82) is 0 Å². The third-order valence-corrected chi connectivity index (χ3v) is 3.46. The SMILES string of the molecule is CCc1ccc(C(COC)NC(=O)c2ccc(CN)cc2)o1. The van der Waals surface area contributed by atoms with Crippen molar-refractivity contribution in [2.75, 3.05) is 13.7 Å². The lowest BCUT2D eigenvalue weighted by Gasteiger charge is -2.16. The standard InChI is InChI=1S/C17H22N2O3/c1-3-14-8-9-16(22-14)15(11-21-2)19-17(20)13-6-4-12(10-18)5-7-13/h4-9,15H,3,10-11,18H2,1-2H3,(H,19,20). The molecular weight excluding hydrogens is 280 g/mol. The van der Waals surface area contributed by atoms with Crippen LogP contribution in [-0.4, -0.2) is 19.6 Å². The van der Waals surface area contributed by atoms with E-state index in [1.807, 2.05) is 31.2 Å². The summed E-state index contributed by atoms with van der Waals surface area (Å²) >= 11 is 0. The van der Waals surface area contributed by atoms with Gasteiger partial charge in [0.25, 0.3) is 5.91 Å². The van der Waals surface area contributed by atoms with Crippen molar-refractivity contribution >= 4 is 5.91 Å². The highest BCUT2D eigenvalue weighted by Crippen LogP contribution is 2.18. The number of amides is 1. The average molecular weight is 302 g/mol. The second-order valence-corrected chi connectivity index (χ2v) is 5.04. The Hall–Kier alpha value is -2.11. The summed E-state index contributed by atoms with van der Waals surface area (Å²) in [5, 5.41) is 2.94. The molecule has 118 valence electrons. The molecule has 0 saturated heterocycles. The van der Waals surface area contributed by atoms with Gasteiger partial charge in [0.2, 0.25) is 0 Å². The lowest BCUT2D eigenvalue weighted by atomic mass is 10.1. The van der Waals surface area contributed by atoms with Crippen molar-refractivity contribution in [3.05, 3.63) is 59.0 Å². The van der Waals surface area contributed by atoms with Crippen LogP contribution in [0.3, 0.4) is 0 Å². The molecule has 5 heteroatoms. The van der Waals surface area contributed by atoms with Crippen LogP contribution in [0.2, 0.25) is 0 Å². The molecule has 0 bridgehead atoms. The fraction of sp³-hybridized carbons (Fsp3) is 0.353. The van der Waals surface area contributed by atoms with Gasteiger partial charge in [-0.2, -0.15) is 0 Å². The molecule has 0 fully saturated rings. The van der Waals surface area contributed by atoms with Crippen molar-refractivity contribution in [3.8, 4) is 0 Å². The van der Waals surface area contributed by atoms with E-state index in [1.54, 1.807) is 19.2 Å². The van der Waals surface area contributed by atoms with Crippen LogP contribution in [0.1, 0.15) is 40.4 Å². The van der Waals surface area contributed by atoms with Crippen LogP contribution in [0, 0.1) is 0 Å². The first-order valence-electron chi connectivity index (χ1n) is 7.35. The van der Waals surface area contributed by atoms with Gasteiger partial charge in [-0.25, -0.2) is 0 Å². The smallest absolute Gasteiger partial charge is 0.251 e. The Labute approximate surface area is 130 Å². The van der Waals surface area contributed by atoms with Crippen LogP contribution in [0.25, 0.3) is 0 Å². The maximum Gasteiger partial charge on any atom is 0.251 e. The third-order valence-electron chi connectivity index (χ3n) is 3.46. The number of benzene rings is 1. The second kappa shape index (κ2) is 7.77. The van der Waals surface area contributed by atoms with Crippen molar-refractivity contribution in [2.45, 2.75) is 25.9 Å². The first-order valence-corrected chi connectivity index (χ1v) is 7.35.